The van der Waals surface area contributed by atoms with Crippen LogP contribution in [0.25, 0.3) is 0 Å². The number of rotatable bonds is 6. The second kappa shape index (κ2) is 8.25. The largest absolute Gasteiger partial charge is 0.325 e. The van der Waals surface area contributed by atoms with E-state index in [0.717, 1.165) is 10.6 Å². The van der Waals surface area contributed by atoms with Crippen LogP contribution in [0.15, 0.2) is 54.6 Å². The Balaban J connectivity index is 1.87. The highest BCUT2D eigenvalue weighted by Gasteiger charge is 2.51. The average molecular weight is 414 g/mol. The Morgan fingerprint density at radius 2 is 1.72 bits per heavy atom. The summed E-state index contributed by atoms with van der Waals surface area (Å²) in [6.07, 6.45) is 0.358. The minimum atomic E-state index is -1.20. The number of para-hydroxylation sites is 1. The van der Waals surface area contributed by atoms with Crippen LogP contribution in [0, 0.1) is 0 Å². The molecule has 0 aromatic heterocycles. The van der Waals surface area contributed by atoms with E-state index in [4.69, 9.17) is 11.6 Å². The van der Waals surface area contributed by atoms with Crippen molar-refractivity contribution in [2.45, 2.75) is 38.8 Å². The van der Waals surface area contributed by atoms with Gasteiger partial charge in [-0.05, 0) is 50.1 Å². The lowest BCUT2D eigenvalue weighted by Crippen LogP contribution is -2.47. The predicted molar refractivity (Wildman–Crippen MR) is 113 cm³/mol. The number of carbonyl (C=O) groups is 3. The minimum absolute atomic E-state index is 0.127. The number of amides is 4. The van der Waals surface area contributed by atoms with Gasteiger partial charge in [-0.15, -0.1) is 0 Å². The molecule has 1 atom stereocenters. The molecule has 1 aliphatic rings. The highest BCUT2D eigenvalue weighted by atomic mass is 35.5. The van der Waals surface area contributed by atoms with Crippen molar-refractivity contribution in [3.8, 4) is 0 Å². The molecule has 1 N–H and O–H groups in total. The maximum absolute atomic E-state index is 13.3. The smallest absolute Gasteiger partial charge is 0.319 e. The van der Waals surface area contributed by atoms with E-state index in [9.17, 15) is 14.4 Å². The van der Waals surface area contributed by atoms with Gasteiger partial charge in [0.25, 0.3) is 5.91 Å². The van der Waals surface area contributed by atoms with Gasteiger partial charge >= 0.3 is 6.03 Å². The molecule has 1 aliphatic heterocycles. The van der Waals surface area contributed by atoms with Crippen LogP contribution < -0.4 is 10.2 Å². The first-order chi connectivity index (χ1) is 13.8. The van der Waals surface area contributed by atoms with Gasteiger partial charge in [0.2, 0.25) is 5.91 Å². The van der Waals surface area contributed by atoms with Crippen molar-refractivity contribution < 1.29 is 14.4 Å². The fourth-order valence-electron chi connectivity index (χ4n) is 3.67. The Morgan fingerprint density at radius 1 is 1.10 bits per heavy atom. The Labute approximate surface area is 175 Å². The minimum Gasteiger partial charge on any atom is -0.319 e. The van der Waals surface area contributed by atoms with Crippen LogP contribution in [0.2, 0.25) is 5.02 Å². The van der Waals surface area contributed by atoms with Crippen molar-refractivity contribution in [3.05, 3.63) is 65.2 Å². The second-order valence-corrected chi connectivity index (χ2v) is 7.72. The van der Waals surface area contributed by atoms with Crippen molar-refractivity contribution >= 4 is 35.1 Å². The maximum Gasteiger partial charge on any atom is 0.325 e. The standard InChI is InChI=1S/C22H24ClN3O3/c1-4-22(16-10-12-17(23)13-11-16)20(28)25(21(29)24-22)14-19(27)26(15(2)3)18-8-6-5-7-9-18/h5-13,15H,4,14H2,1-3H3,(H,24,29)/t22-/m1/s1. The third kappa shape index (κ3) is 3.85. The van der Waals surface area contributed by atoms with Gasteiger partial charge in [0.15, 0.2) is 0 Å². The zero-order valence-electron chi connectivity index (χ0n) is 16.7. The Kier molecular flexibility index (Phi) is 5.94. The third-order valence-electron chi connectivity index (χ3n) is 5.16. The summed E-state index contributed by atoms with van der Waals surface area (Å²) >= 11 is 5.96. The molecule has 0 aliphatic carbocycles. The van der Waals surface area contributed by atoms with E-state index >= 15 is 0 Å². The van der Waals surface area contributed by atoms with Crippen LogP contribution in [0.5, 0.6) is 0 Å². The molecule has 29 heavy (non-hydrogen) atoms. The van der Waals surface area contributed by atoms with Crippen LogP contribution in [0.1, 0.15) is 32.8 Å². The zero-order valence-corrected chi connectivity index (χ0v) is 17.4. The number of carbonyl (C=O) groups excluding carboxylic acids is 3. The quantitative estimate of drug-likeness (QED) is 0.729. The monoisotopic (exact) mass is 413 g/mol. The first kappa shape index (κ1) is 20.9. The average Bonchev–Trinajstić information content (AvgIpc) is 2.94. The summed E-state index contributed by atoms with van der Waals surface area (Å²) < 4.78 is 0. The number of nitrogens with zero attached hydrogens (tertiary/aromatic N) is 2. The van der Waals surface area contributed by atoms with Gasteiger partial charge in [-0.1, -0.05) is 48.9 Å². The first-order valence-corrected chi connectivity index (χ1v) is 9.95. The summed E-state index contributed by atoms with van der Waals surface area (Å²) in [7, 11) is 0. The number of hydrogen-bond donors (Lipinski definition) is 1. The molecule has 3 rings (SSSR count). The molecule has 1 fully saturated rings. The normalized spacial score (nSPS) is 18.9. The van der Waals surface area contributed by atoms with Crippen LogP contribution in [-0.2, 0) is 15.1 Å². The van der Waals surface area contributed by atoms with E-state index in [1.54, 1.807) is 29.2 Å². The molecule has 2 aromatic carbocycles. The molecule has 0 bridgehead atoms. The summed E-state index contributed by atoms with van der Waals surface area (Å²) in [4.78, 5) is 41.6. The van der Waals surface area contributed by atoms with E-state index < -0.39 is 17.5 Å². The van der Waals surface area contributed by atoms with E-state index in [0.29, 0.717) is 17.0 Å². The molecule has 0 saturated carbocycles. The number of hydrogen-bond acceptors (Lipinski definition) is 3. The SMILES string of the molecule is CC[C@]1(c2ccc(Cl)cc2)NC(=O)N(CC(=O)N(c2ccccc2)C(C)C)C1=O. The third-order valence-corrected chi connectivity index (χ3v) is 5.41. The molecular weight excluding hydrogens is 390 g/mol. The number of nitrogens with one attached hydrogen (secondary N) is 1. The molecule has 4 amide bonds. The first-order valence-electron chi connectivity index (χ1n) is 9.57. The molecule has 7 heteroatoms. The highest BCUT2D eigenvalue weighted by molar-refractivity contribution is 6.30. The van der Waals surface area contributed by atoms with E-state index in [1.165, 1.54) is 0 Å². The van der Waals surface area contributed by atoms with E-state index in [-0.39, 0.29) is 18.5 Å². The lowest BCUT2D eigenvalue weighted by molar-refractivity contribution is -0.134. The fraction of sp³-hybridized carbons (Fsp3) is 0.318. The van der Waals surface area contributed by atoms with Gasteiger partial charge in [-0.3, -0.25) is 14.5 Å². The molecule has 0 radical (unpaired) electrons. The number of imide groups is 1. The Bertz CT molecular complexity index is 915. The Morgan fingerprint density at radius 3 is 2.28 bits per heavy atom. The summed E-state index contributed by atoms with van der Waals surface area (Å²) in [5.74, 6) is -0.754. The fourth-order valence-corrected chi connectivity index (χ4v) is 3.80. The van der Waals surface area contributed by atoms with Crippen molar-refractivity contribution in [1.29, 1.82) is 0 Å². The number of benzene rings is 2. The van der Waals surface area contributed by atoms with Gasteiger partial charge in [0.05, 0.1) is 0 Å². The predicted octanol–water partition coefficient (Wildman–Crippen LogP) is 3.94. The van der Waals surface area contributed by atoms with Gasteiger partial charge in [-0.25, -0.2) is 4.79 Å². The lowest BCUT2D eigenvalue weighted by Gasteiger charge is -2.29. The van der Waals surface area contributed by atoms with Crippen molar-refractivity contribution in [2.75, 3.05) is 11.4 Å². The number of urea groups is 1. The number of anilines is 1. The zero-order chi connectivity index (χ0) is 21.2. The van der Waals surface area contributed by atoms with Gasteiger partial charge in [0, 0.05) is 16.8 Å². The van der Waals surface area contributed by atoms with Gasteiger partial charge < -0.3 is 10.2 Å². The highest BCUT2D eigenvalue weighted by Crippen LogP contribution is 2.33. The molecule has 1 heterocycles. The molecule has 6 nitrogen and oxygen atoms in total. The summed E-state index contributed by atoms with van der Waals surface area (Å²) in [6, 6.07) is 15.3. The van der Waals surface area contributed by atoms with Crippen LogP contribution in [-0.4, -0.2) is 35.3 Å². The van der Waals surface area contributed by atoms with Crippen molar-refractivity contribution in [1.82, 2.24) is 10.2 Å². The molecule has 2 aromatic rings. The summed E-state index contributed by atoms with van der Waals surface area (Å²) in [6.45, 7) is 5.28. The summed E-state index contributed by atoms with van der Waals surface area (Å²) in [5, 5.41) is 3.33. The van der Waals surface area contributed by atoms with Crippen LogP contribution in [0.3, 0.4) is 0 Å². The lowest BCUT2D eigenvalue weighted by atomic mass is 9.87. The van der Waals surface area contributed by atoms with E-state index in [2.05, 4.69) is 5.32 Å². The number of halogens is 1. The second-order valence-electron chi connectivity index (χ2n) is 7.28. The van der Waals surface area contributed by atoms with Gasteiger partial charge in [0.1, 0.15) is 12.1 Å². The van der Waals surface area contributed by atoms with Crippen molar-refractivity contribution in [2.24, 2.45) is 0 Å². The summed E-state index contributed by atoms with van der Waals surface area (Å²) in [5.41, 5.74) is 0.164. The van der Waals surface area contributed by atoms with Crippen molar-refractivity contribution in [3.63, 3.8) is 0 Å². The van der Waals surface area contributed by atoms with E-state index in [1.807, 2.05) is 51.1 Å². The maximum atomic E-state index is 13.3. The Hall–Kier alpha value is -2.86. The molecule has 152 valence electrons. The topological polar surface area (TPSA) is 69.7 Å². The molecule has 1 saturated heterocycles. The van der Waals surface area contributed by atoms with Gasteiger partial charge in [-0.2, -0.15) is 0 Å². The van der Waals surface area contributed by atoms with Crippen LogP contribution in [0.4, 0.5) is 10.5 Å². The molecular formula is C22H24ClN3O3. The molecule has 0 spiro atoms. The van der Waals surface area contributed by atoms with Crippen LogP contribution >= 0.6 is 11.6 Å². The molecule has 0 unspecified atom stereocenters.